The summed E-state index contributed by atoms with van der Waals surface area (Å²) in [6.07, 6.45) is 0. The second-order valence-electron chi connectivity index (χ2n) is 4.70. The molecular weight excluding hydrogens is 352 g/mol. The molecule has 3 rings (SSSR count). The molecule has 0 aliphatic carbocycles. The standard InChI is InChI=1S/C15H10N2O5S2/c1-22-15(19)10-4-5-23-14(10)16-13(18)12-7-8-6-9(17(20)21)2-3-11(8)24-12/h2-7H,1H3,(H,16,18). The van der Waals surface area contributed by atoms with Crippen LogP contribution < -0.4 is 5.32 Å². The number of carbonyl (C=O) groups is 2. The van der Waals surface area contributed by atoms with E-state index in [9.17, 15) is 19.7 Å². The molecule has 2 aromatic heterocycles. The van der Waals surface area contributed by atoms with E-state index in [-0.39, 0.29) is 17.2 Å². The van der Waals surface area contributed by atoms with Crippen molar-refractivity contribution in [1.82, 2.24) is 0 Å². The molecule has 7 nitrogen and oxygen atoms in total. The number of anilines is 1. The van der Waals surface area contributed by atoms with Gasteiger partial charge in [0.2, 0.25) is 0 Å². The first kappa shape index (κ1) is 16.1. The number of fused-ring (bicyclic) bond motifs is 1. The Labute approximate surface area is 143 Å². The number of benzene rings is 1. The minimum atomic E-state index is -0.529. The number of rotatable bonds is 4. The second-order valence-corrected chi connectivity index (χ2v) is 6.70. The Bertz CT molecular complexity index is 960. The Kier molecular flexibility index (Phi) is 4.28. The van der Waals surface area contributed by atoms with E-state index >= 15 is 0 Å². The number of nitro benzene ring substituents is 1. The highest BCUT2D eigenvalue weighted by atomic mass is 32.1. The van der Waals surface area contributed by atoms with Gasteiger partial charge in [0.1, 0.15) is 5.00 Å². The van der Waals surface area contributed by atoms with E-state index < -0.39 is 10.9 Å². The van der Waals surface area contributed by atoms with Crippen molar-refractivity contribution in [3.63, 3.8) is 0 Å². The smallest absolute Gasteiger partial charge is 0.340 e. The number of hydrogen-bond donors (Lipinski definition) is 1. The average molecular weight is 362 g/mol. The summed E-state index contributed by atoms with van der Waals surface area (Å²) in [5, 5.41) is 16.2. The van der Waals surface area contributed by atoms with E-state index in [2.05, 4.69) is 10.1 Å². The summed E-state index contributed by atoms with van der Waals surface area (Å²) in [4.78, 5) is 34.7. The Hall–Kier alpha value is -2.78. The largest absolute Gasteiger partial charge is 0.465 e. The van der Waals surface area contributed by atoms with Crippen molar-refractivity contribution in [2.24, 2.45) is 0 Å². The van der Waals surface area contributed by atoms with Crippen LogP contribution in [0.25, 0.3) is 10.1 Å². The third-order valence-electron chi connectivity index (χ3n) is 3.23. The number of ether oxygens (including phenoxy) is 1. The summed E-state index contributed by atoms with van der Waals surface area (Å²) in [7, 11) is 1.27. The van der Waals surface area contributed by atoms with E-state index in [1.54, 1.807) is 23.6 Å². The molecule has 9 heteroatoms. The second kappa shape index (κ2) is 6.38. The molecule has 1 aromatic carbocycles. The highest BCUT2D eigenvalue weighted by Gasteiger charge is 2.18. The Morgan fingerprint density at radius 1 is 1.25 bits per heavy atom. The topological polar surface area (TPSA) is 98.5 Å². The lowest BCUT2D eigenvalue weighted by atomic mass is 10.2. The zero-order valence-electron chi connectivity index (χ0n) is 12.3. The number of amides is 1. The van der Waals surface area contributed by atoms with Crippen LogP contribution in [0, 0.1) is 10.1 Å². The van der Waals surface area contributed by atoms with Crippen LogP contribution in [0.3, 0.4) is 0 Å². The van der Waals surface area contributed by atoms with Crippen molar-refractivity contribution in [1.29, 1.82) is 0 Å². The van der Waals surface area contributed by atoms with Crippen LogP contribution in [0.4, 0.5) is 10.7 Å². The van der Waals surface area contributed by atoms with Crippen LogP contribution >= 0.6 is 22.7 Å². The number of nitrogens with one attached hydrogen (secondary N) is 1. The normalized spacial score (nSPS) is 10.5. The lowest BCUT2D eigenvalue weighted by molar-refractivity contribution is -0.384. The lowest BCUT2D eigenvalue weighted by Crippen LogP contribution is -2.12. The molecule has 0 fully saturated rings. The van der Waals surface area contributed by atoms with Crippen molar-refractivity contribution in [3.8, 4) is 0 Å². The average Bonchev–Trinajstić information content (AvgIpc) is 3.19. The van der Waals surface area contributed by atoms with Crippen molar-refractivity contribution in [2.75, 3.05) is 12.4 Å². The predicted molar refractivity (Wildman–Crippen MR) is 92.1 cm³/mol. The molecule has 0 aliphatic heterocycles. The van der Waals surface area contributed by atoms with E-state index in [1.165, 1.54) is 41.9 Å². The third-order valence-corrected chi connectivity index (χ3v) is 5.18. The number of esters is 1. The van der Waals surface area contributed by atoms with Crippen LogP contribution in [0.5, 0.6) is 0 Å². The number of thiophene rings is 2. The van der Waals surface area contributed by atoms with Gasteiger partial charge in [-0.1, -0.05) is 0 Å². The van der Waals surface area contributed by atoms with E-state index in [1.807, 2.05) is 0 Å². The van der Waals surface area contributed by atoms with E-state index in [0.29, 0.717) is 15.3 Å². The summed E-state index contributed by atoms with van der Waals surface area (Å²) >= 11 is 2.43. The zero-order chi connectivity index (χ0) is 17.3. The number of methoxy groups -OCH3 is 1. The van der Waals surface area contributed by atoms with Gasteiger partial charge in [0.25, 0.3) is 11.6 Å². The molecule has 1 N–H and O–H groups in total. The maximum Gasteiger partial charge on any atom is 0.340 e. The molecule has 0 saturated carbocycles. The third kappa shape index (κ3) is 2.99. The fourth-order valence-electron chi connectivity index (χ4n) is 2.10. The van der Waals surface area contributed by atoms with Crippen molar-refractivity contribution in [3.05, 3.63) is 56.3 Å². The molecule has 122 valence electrons. The molecule has 0 saturated heterocycles. The fourth-order valence-corrected chi connectivity index (χ4v) is 3.81. The summed E-state index contributed by atoms with van der Waals surface area (Å²) in [5.41, 5.74) is 0.256. The van der Waals surface area contributed by atoms with Gasteiger partial charge in [0.05, 0.1) is 22.5 Å². The maximum atomic E-state index is 12.4. The number of non-ortho nitro benzene ring substituents is 1. The number of nitrogens with zero attached hydrogens (tertiary/aromatic N) is 1. The van der Waals surface area contributed by atoms with E-state index in [0.717, 1.165) is 4.70 Å². The highest BCUT2D eigenvalue weighted by molar-refractivity contribution is 7.21. The van der Waals surface area contributed by atoms with Crippen LogP contribution in [0.2, 0.25) is 0 Å². The van der Waals surface area contributed by atoms with Gasteiger partial charge >= 0.3 is 5.97 Å². The number of carbonyl (C=O) groups excluding carboxylic acids is 2. The first-order chi connectivity index (χ1) is 11.5. The molecule has 1 amide bonds. The van der Waals surface area contributed by atoms with Crippen LogP contribution in [-0.2, 0) is 4.74 Å². The highest BCUT2D eigenvalue weighted by Crippen LogP contribution is 2.30. The maximum absolute atomic E-state index is 12.4. The van der Waals surface area contributed by atoms with Gasteiger partial charge in [0.15, 0.2) is 0 Å². The first-order valence-electron chi connectivity index (χ1n) is 6.64. The summed E-state index contributed by atoms with van der Waals surface area (Å²) in [6.45, 7) is 0. The van der Waals surface area contributed by atoms with Crippen LogP contribution in [0.15, 0.2) is 35.7 Å². The van der Waals surface area contributed by atoms with Gasteiger partial charge in [-0.3, -0.25) is 14.9 Å². The molecule has 3 aromatic rings. The van der Waals surface area contributed by atoms with Gasteiger partial charge in [-0.25, -0.2) is 4.79 Å². The van der Waals surface area contributed by atoms with Gasteiger partial charge < -0.3 is 10.1 Å². The lowest BCUT2D eigenvalue weighted by Gasteiger charge is -2.03. The van der Waals surface area contributed by atoms with Crippen molar-refractivity contribution >= 4 is 55.3 Å². The van der Waals surface area contributed by atoms with Gasteiger partial charge in [0, 0.05) is 22.2 Å². The molecule has 0 spiro atoms. The SMILES string of the molecule is COC(=O)c1ccsc1NC(=O)c1cc2cc([N+](=O)[O-])ccc2s1. The molecule has 0 bridgehead atoms. The van der Waals surface area contributed by atoms with Gasteiger partial charge in [-0.2, -0.15) is 0 Å². The molecule has 0 radical (unpaired) electrons. The molecule has 0 atom stereocenters. The Morgan fingerprint density at radius 3 is 2.75 bits per heavy atom. The molecule has 2 heterocycles. The fraction of sp³-hybridized carbons (Fsp3) is 0.0667. The Morgan fingerprint density at radius 2 is 2.04 bits per heavy atom. The molecule has 0 aliphatic rings. The summed E-state index contributed by atoms with van der Waals surface area (Å²) in [5.74, 6) is -0.912. The number of hydrogen-bond acceptors (Lipinski definition) is 7. The first-order valence-corrected chi connectivity index (χ1v) is 8.34. The van der Waals surface area contributed by atoms with Gasteiger partial charge in [-0.05, 0) is 23.6 Å². The quantitative estimate of drug-likeness (QED) is 0.431. The Balaban J connectivity index is 1.88. The van der Waals surface area contributed by atoms with Crippen molar-refractivity contribution in [2.45, 2.75) is 0 Å². The molecule has 24 heavy (non-hydrogen) atoms. The van der Waals surface area contributed by atoms with E-state index in [4.69, 9.17) is 0 Å². The van der Waals surface area contributed by atoms with Gasteiger partial charge in [-0.15, -0.1) is 22.7 Å². The summed E-state index contributed by atoms with van der Waals surface area (Å²) < 4.78 is 5.43. The number of nitro groups is 1. The zero-order valence-corrected chi connectivity index (χ0v) is 13.9. The summed E-state index contributed by atoms with van der Waals surface area (Å²) in [6, 6.07) is 7.59. The van der Waals surface area contributed by atoms with Crippen LogP contribution in [-0.4, -0.2) is 23.9 Å². The predicted octanol–water partition coefficient (Wildman–Crippen LogP) is 3.91. The minimum absolute atomic E-state index is 0.0292. The molecule has 0 unspecified atom stereocenters. The van der Waals surface area contributed by atoms with Crippen molar-refractivity contribution < 1.29 is 19.2 Å². The monoisotopic (exact) mass is 362 g/mol. The molecular formula is C15H10N2O5S2. The van der Waals surface area contributed by atoms with Crippen LogP contribution in [0.1, 0.15) is 20.0 Å². The minimum Gasteiger partial charge on any atom is -0.465 e.